The lowest BCUT2D eigenvalue weighted by atomic mass is 10.2. The van der Waals surface area contributed by atoms with Crippen molar-refractivity contribution in [2.24, 2.45) is 0 Å². The van der Waals surface area contributed by atoms with Crippen LogP contribution >= 0.6 is 0 Å². The van der Waals surface area contributed by atoms with E-state index in [2.05, 4.69) is 15.6 Å². The van der Waals surface area contributed by atoms with Gasteiger partial charge in [-0.3, -0.25) is 4.79 Å². The highest BCUT2D eigenvalue weighted by molar-refractivity contribution is 5.95. The van der Waals surface area contributed by atoms with Gasteiger partial charge in [0.2, 0.25) is 5.89 Å². The molecule has 0 saturated heterocycles. The van der Waals surface area contributed by atoms with Crippen molar-refractivity contribution in [3.05, 3.63) is 71.9 Å². The maximum Gasteiger partial charge on any atom is 0.319 e. The standard InChI is InChI=1S/C23H25FN4O3/c1-3-28(4-2)22(29)17-7-11-19(12-8-17)27-23(30)25-14-13-20-15-31-21(26-20)16-5-9-18(24)10-6-16/h5-12,15H,3-4,13-14H2,1-2H3,(H2,25,27,30). The summed E-state index contributed by atoms with van der Waals surface area (Å²) >= 11 is 0. The number of nitrogens with one attached hydrogen (secondary N) is 2. The number of oxazole rings is 1. The summed E-state index contributed by atoms with van der Waals surface area (Å²) in [6.45, 7) is 5.53. The fourth-order valence-electron chi connectivity index (χ4n) is 3.02. The minimum atomic E-state index is -0.356. The number of halogens is 1. The molecule has 3 rings (SSSR count). The van der Waals surface area contributed by atoms with Gasteiger partial charge in [0.25, 0.3) is 5.91 Å². The van der Waals surface area contributed by atoms with Crippen LogP contribution in [0.1, 0.15) is 29.9 Å². The second kappa shape index (κ2) is 10.4. The molecule has 0 radical (unpaired) electrons. The van der Waals surface area contributed by atoms with Crippen molar-refractivity contribution >= 4 is 17.6 Å². The zero-order chi connectivity index (χ0) is 22.2. The van der Waals surface area contributed by atoms with E-state index >= 15 is 0 Å². The molecule has 2 N–H and O–H groups in total. The summed E-state index contributed by atoms with van der Waals surface area (Å²) in [6.07, 6.45) is 2.00. The summed E-state index contributed by atoms with van der Waals surface area (Å²) in [5.74, 6) is 0.0447. The smallest absolute Gasteiger partial charge is 0.319 e. The molecule has 0 aliphatic carbocycles. The largest absolute Gasteiger partial charge is 0.444 e. The molecule has 162 valence electrons. The Hall–Kier alpha value is -3.68. The first-order valence-electron chi connectivity index (χ1n) is 10.1. The number of nitrogens with zero attached hydrogens (tertiary/aromatic N) is 2. The van der Waals surface area contributed by atoms with E-state index in [1.54, 1.807) is 41.3 Å². The van der Waals surface area contributed by atoms with E-state index in [9.17, 15) is 14.0 Å². The number of carbonyl (C=O) groups is 2. The molecule has 0 atom stereocenters. The van der Waals surface area contributed by atoms with Crippen LogP contribution in [0.3, 0.4) is 0 Å². The summed E-state index contributed by atoms with van der Waals surface area (Å²) in [4.78, 5) is 30.5. The number of hydrogen-bond acceptors (Lipinski definition) is 4. The average molecular weight is 424 g/mol. The summed E-state index contributed by atoms with van der Waals surface area (Å²) in [5, 5.41) is 5.49. The van der Waals surface area contributed by atoms with Crippen LogP contribution in [0, 0.1) is 5.82 Å². The average Bonchev–Trinajstić information content (AvgIpc) is 3.24. The highest BCUT2D eigenvalue weighted by Gasteiger charge is 2.12. The number of carbonyl (C=O) groups excluding carboxylic acids is 2. The van der Waals surface area contributed by atoms with E-state index in [0.717, 1.165) is 0 Å². The molecule has 0 aliphatic rings. The maximum atomic E-state index is 13.0. The molecule has 0 aliphatic heterocycles. The first-order valence-corrected chi connectivity index (χ1v) is 10.1. The van der Waals surface area contributed by atoms with Gasteiger partial charge in [0, 0.05) is 42.9 Å². The molecule has 1 heterocycles. The summed E-state index contributed by atoms with van der Waals surface area (Å²) in [5.41, 5.74) is 2.53. The number of benzene rings is 2. The number of anilines is 1. The molecule has 7 nitrogen and oxygen atoms in total. The van der Waals surface area contributed by atoms with E-state index in [1.807, 2.05) is 13.8 Å². The van der Waals surface area contributed by atoms with Gasteiger partial charge in [-0.15, -0.1) is 0 Å². The van der Waals surface area contributed by atoms with Crippen molar-refractivity contribution in [2.45, 2.75) is 20.3 Å². The predicted molar refractivity (Wildman–Crippen MR) is 116 cm³/mol. The first-order chi connectivity index (χ1) is 15.0. The van der Waals surface area contributed by atoms with E-state index in [-0.39, 0.29) is 17.8 Å². The molecule has 0 spiro atoms. The fraction of sp³-hybridized carbons (Fsp3) is 0.261. The van der Waals surface area contributed by atoms with Crippen LogP contribution in [0.15, 0.2) is 59.2 Å². The van der Waals surface area contributed by atoms with Crippen LogP contribution in [0.5, 0.6) is 0 Å². The molecule has 31 heavy (non-hydrogen) atoms. The van der Waals surface area contributed by atoms with E-state index < -0.39 is 0 Å². The van der Waals surface area contributed by atoms with Gasteiger partial charge in [0.15, 0.2) is 0 Å². The van der Waals surface area contributed by atoms with Crippen molar-refractivity contribution in [1.29, 1.82) is 0 Å². The molecule has 3 amide bonds. The fourth-order valence-corrected chi connectivity index (χ4v) is 3.02. The summed E-state index contributed by atoms with van der Waals surface area (Å²) in [7, 11) is 0. The Balaban J connectivity index is 1.46. The van der Waals surface area contributed by atoms with Crippen molar-refractivity contribution < 1.29 is 18.4 Å². The molecular weight excluding hydrogens is 399 g/mol. The quantitative estimate of drug-likeness (QED) is 0.564. The Bertz CT molecular complexity index is 1010. The minimum Gasteiger partial charge on any atom is -0.444 e. The molecule has 3 aromatic rings. The van der Waals surface area contributed by atoms with Gasteiger partial charge in [-0.05, 0) is 62.4 Å². The van der Waals surface area contributed by atoms with Crippen molar-refractivity contribution in [1.82, 2.24) is 15.2 Å². The summed E-state index contributed by atoms with van der Waals surface area (Å²) in [6, 6.07) is 12.3. The Morgan fingerprint density at radius 3 is 2.35 bits per heavy atom. The van der Waals surface area contributed by atoms with Gasteiger partial charge in [0.05, 0.1) is 5.69 Å². The van der Waals surface area contributed by atoms with E-state index in [0.29, 0.717) is 54.5 Å². The molecule has 8 heteroatoms. The molecule has 0 bridgehead atoms. The van der Waals surface area contributed by atoms with Crippen LogP contribution in [-0.4, -0.2) is 41.5 Å². The molecule has 0 fully saturated rings. The van der Waals surface area contributed by atoms with E-state index in [4.69, 9.17) is 4.42 Å². The van der Waals surface area contributed by atoms with Crippen LogP contribution in [0.2, 0.25) is 0 Å². The second-order valence-electron chi connectivity index (χ2n) is 6.84. The third-order valence-electron chi connectivity index (χ3n) is 4.75. The number of aromatic nitrogens is 1. The lowest BCUT2D eigenvalue weighted by Gasteiger charge is -2.18. The zero-order valence-electron chi connectivity index (χ0n) is 17.5. The van der Waals surface area contributed by atoms with Crippen LogP contribution < -0.4 is 10.6 Å². The SMILES string of the molecule is CCN(CC)C(=O)c1ccc(NC(=O)NCCc2coc(-c3ccc(F)cc3)n2)cc1. The third-order valence-corrected chi connectivity index (χ3v) is 4.75. The zero-order valence-corrected chi connectivity index (χ0v) is 17.5. The number of hydrogen-bond donors (Lipinski definition) is 2. The number of rotatable bonds is 8. The third kappa shape index (κ3) is 5.91. The van der Waals surface area contributed by atoms with Gasteiger partial charge in [-0.1, -0.05) is 0 Å². The van der Waals surface area contributed by atoms with E-state index in [1.165, 1.54) is 18.4 Å². The van der Waals surface area contributed by atoms with Crippen molar-refractivity contribution in [3.8, 4) is 11.5 Å². The second-order valence-corrected chi connectivity index (χ2v) is 6.84. The summed E-state index contributed by atoms with van der Waals surface area (Å²) < 4.78 is 18.4. The maximum absolute atomic E-state index is 13.0. The minimum absolute atomic E-state index is 0.0337. The van der Waals surface area contributed by atoms with Gasteiger partial charge in [-0.2, -0.15) is 0 Å². The lowest BCUT2D eigenvalue weighted by molar-refractivity contribution is 0.0773. The highest BCUT2D eigenvalue weighted by Crippen LogP contribution is 2.19. The Morgan fingerprint density at radius 2 is 1.71 bits per heavy atom. The Kier molecular flexibility index (Phi) is 7.37. The molecule has 1 aromatic heterocycles. The lowest BCUT2D eigenvalue weighted by Crippen LogP contribution is -2.31. The van der Waals surface area contributed by atoms with Crippen LogP contribution in [-0.2, 0) is 6.42 Å². The molecule has 0 unspecified atom stereocenters. The topological polar surface area (TPSA) is 87.5 Å². The number of amides is 3. The normalized spacial score (nSPS) is 10.5. The van der Waals surface area contributed by atoms with Crippen molar-refractivity contribution in [3.63, 3.8) is 0 Å². The highest BCUT2D eigenvalue weighted by atomic mass is 19.1. The molecule has 0 saturated carbocycles. The molecule has 2 aromatic carbocycles. The number of urea groups is 1. The first kappa shape index (κ1) is 22.0. The van der Waals surface area contributed by atoms with Crippen molar-refractivity contribution in [2.75, 3.05) is 25.0 Å². The van der Waals surface area contributed by atoms with Gasteiger partial charge in [0.1, 0.15) is 12.1 Å². The Morgan fingerprint density at radius 1 is 1.03 bits per heavy atom. The predicted octanol–water partition coefficient (Wildman–Crippen LogP) is 4.33. The van der Waals surface area contributed by atoms with Crippen LogP contribution in [0.25, 0.3) is 11.5 Å². The Labute approximate surface area is 180 Å². The monoisotopic (exact) mass is 424 g/mol. The van der Waals surface area contributed by atoms with Gasteiger partial charge in [-0.25, -0.2) is 14.2 Å². The van der Waals surface area contributed by atoms with Gasteiger partial charge < -0.3 is 20.0 Å². The van der Waals surface area contributed by atoms with Crippen LogP contribution in [0.4, 0.5) is 14.9 Å². The molecular formula is C23H25FN4O3. The van der Waals surface area contributed by atoms with Gasteiger partial charge >= 0.3 is 6.03 Å².